The maximum Gasteiger partial charge on any atom is 0.261 e. The molecule has 1 amide bonds. The van der Waals surface area contributed by atoms with Gasteiger partial charge in [0.05, 0.1) is 15.8 Å². The molecule has 0 fully saturated rings. The minimum atomic E-state index is -0.125. The van der Waals surface area contributed by atoms with Crippen LogP contribution in [0.3, 0.4) is 0 Å². The lowest BCUT2D eigenvalue weighted by molar-refractivity contribution is 0.0939. The van der Waals surface area contributed by atoms with E-state index in [0.29, 0.717) is 9.75 Å². The summed E-state index contributed by atoms with van der Waals surface area (Å²) in [7, 11) is 0. The Morgan fingerprint density at radius 2 is 1.71 bits per heavy atom. The molecule has 0 saturated heterocycles. The minimum absolute atomic E-state index is 0.00961. The quantitative estimate of drug-likeness (QED) is 0.844. The predicted octanol–water partition coefficient (Wildman–Crippen LogP) is 4.14. The first-order chi connectivity index (χ1) is 10.0. The molecule has 0 unspecified atom stereocenters. The Kier molecular flexibility index (Phi) is 4.91. The number of carbonyl (C=O) groups excluding carboxylic acids is 2. The molecular formula is C17H19NO2S. The molecule has 2 rings (SSSR count). The second kappa shape index (κ2) is 6.68. The number of ketones is 1. The van der Waals surface area contributed by atoms with Crippen molar-refractivity contribution in [3.05, 3.63) is 57.3 Å². The molecule has 1 atom stereocenters. The van der Waals surface area contributed by atoms with Gasteiger partial charge < -0.3 is 5.32 Å². The smallest absolute Gasteiger partial charge is 0.261 e. The van der Waals surface area contributed by atoms with E-state index in [0.717, 1.165) is 12.0 Å². The van der Waals surface area contributed by atoms with Crippen molar-refractivity contribution in [2.45, 2.75) is 33.2 Å². The highest BCUT2D eigenvalue weighted by atomic mass is 32.1. The van der Waals surface area contributed by atoms with Crippen molar-refractivity contribution < 1.29 is 9.59 Å². The van der Waals surface area contributed by atoms with Crippen molar-refractivity contribution in [1.29, 1.82) is 0 Å². The minimum Gasteiger partial charge on any atom is -0.345 e. The Morgan fingerprint density at radius 1 is 1.10 bits per heavy atom. The summed E-state index contributed by atoms with van der Waals surface area (Å²) in [5.74, 6) is -0.135. The van der Waals surface area contributed by atoms with Gasteiger partial charge in [0.1, 0.15) is 0 Å². The maximum atomic E-state index is 12.3. The highest BCUT2D eigenvalue weighted by molar-refractivity contribution is 7.15. The van der Waals surface area contributed by atoms with E-state index in [2.05, 4.69) is 5.32 Å². The van der Waals surface area contributed by atoms with Gasteiger partial charge in [-0.3, -0.25) is 9.59 Å². The van der Waals surface area contributed by atoms with E-state index >= 15 is 0 Å². The third-order valence-corrected chi connectivity index (χ3v) is 4.55. The van der Waals surface area contributed by atoms with Crippen LogP contribution in [0.15, 0.2) is 36.4 Å². The molecule has 4 heteroatoms. The Labute approximate surface area is 129 Å². The summed E-state index contributed by atoms with van der Waals surface area (Å²) < 4.78 is 0. The Hall–Kier alpha value is -1.94. The fourth-order valence-electron chi connectivity index (χ4n) is 2.10. The van der Waals surface area contributed by atoms with Crippen LogP contribution >= 0.6 is 11.3 Å². The van der Waals surface area contributed by atoms with Crippen molar-refractivity contribution in [2.24, 2.45) is 0 Å². The van der Waals surface area contributed by atoms with E-state index in [-0.39, 0.29) is 17.7 Å². The number of benzene rings is 1. The van der Waals surface area contributed by atoms with Gasteiger partial charge in [-0.05, 0) is 38.0 Å². The summed E-state index contributed by atoms with van der Waals surface area (Å²) in [4.78, 5) is 24.8. The lowest BCUT2D eigenvalue weighted by Crippen LogP contribution is -2.27. The van der Waals surface area contributed by atoms with E-state index in [1.165, 1.54) is 23.8 Å². The van der Waals surface area contributed by atoms with E-state index in [1.54, 1.807) is 12.1 Å². The van der Waals surface area contributed by atoms with Gasteiger partial charge in [0.15, 0.2) is 5.78 Å². The highest BCUT2D eigenvalue weighted by Gasteiger charge is 2.16. The third-order valence-electron chi connectivity index (χ3n) is 3.37. The average Bonchev–Trinajstić information content (AvgIpc) is 2.96. The molecule has 0 spiro atoms. The number of hydrogen-bond acceptors (Lipinski definition) is 3. The van der Waals surface area contributed by atoms with Gasteiger partial charge in [0.2, 0.25) is 0 Å². The maximum absolute atomic E-state index is 12.3. The van der Waals surface area contributed by atoms with E-state index in [4.69, 9.17) is 0 Å². The van der Waals surface area contributed by atoms with Crippen molar-refractivity contribution in [3.63, 3.8) is 0 Å². The molecule has 0 bridgehead atoms. The van der Waals surface area contributed by atoms with Crippen LogP contribution in [-0.2, 0) is 0 Å². The highest BCUT2D eigenvalue weighted by Crippen LogP contribution is 2.21. The largest absolute Gasteiger partial charge is 0.345 e. The molecule has 0 saturated carbocycles. The molecule has 1 heterocycles. The van der Waals surface area contributed by atoms with Crippen LogP contribution in [0.1, 0.15) is 56.8 Å². The van der Waals surface area contributed by atoms with Gasteiger partial charge >= 0.3 is 0 Å². The second-order valence-corrected chi connectivity index (χ2v) is 6.15. The molecule has 1 aromatic heterocycles. The van der Waals surface area contributed by atoms with Gasteiger partial charge in [0, 0.05) is 0 Å². The van der Waals surface area contributed by atoms with Crippen LogP contribution in [0.2, 0.25) is 0 Å². The molecule has 110 valence electrons. The van der Waals surface area contributed by atoms with Crippen molar-refractivity contribution in [3.8, 4) is 0 Å². The molecule has 1 N–H and O–H groups in total. The van der Waals surface area contributed by atoms with E-state index in [1.807, 2.05) is 38.1 Å². The fourth-order valence-corrected chi connectivity index (χ4v) is 2.90. The molecular weight excluding hydrogens is 282 g/mol. The van der Waals surface area contributed by atoms with Gasteiger partial charge in [-0.25, -0.2) is 0 Å². The summed E-state index contributed by atoms with van der Waals surface area (Å²) in [6.07, 6.45) is 0.819. The predicted molar refractivity (Wildman–Crippen MR) is 86.0 cm³/mol. The topological polar surface area (TPSA) is 46.2 Å². The molecule has 0 aliphatic heterocycles. The molecule has 0 radical (unpaired) electrons. The second-order valence-electron chi connectivity index (χ2n) is 5.07. The van der Waals surface area contributed by atoms with Crippen molar-refractivity contribution in [1.82, 2.24) is 5.32 Å². The Balaban J connectivity index is 2.12. The summed E-state index contributed by atoms with van der Waals surface area (Å²) in [5.41, 5.74) is 2.30. The molecule has 0 aliphatic rings. The Morgan fingerprint density at radius 3 is 2.24 bits per heavy atom. The fraction of sp³-hybridized carbons (Fsp3) is 0.294. The van der Waals surface area contributed by atoms with Crippen LogP contribution in [0.25, 0.3) is 0 Å². The van der Waals surface area contributed by atoms with Crippen molar-refractivity contribution >= 4 is 23.0 Å². The number of carbonyl (C=O) groups is 2. The number of thiophene rings is 1. The normalized spacial score (nSPS) is 12.0. The van der Waals surface area contributed by atoms with Crippen molar-refractivity contribution in [2.75, 3.05) is 0 Å². The molecule has 21 heavy (non-hydrogen) atoms. The first kappa shape index (κ1) is 15.4. The molecule has 2 aromatic rings. The van der Waals surface area contributed by atoms with Gasteiger partial charge in [0.25, 0.3) is 5.91 Å². The number of aryl methyl sites for hydroxylation is 1. The van der Waals surface area contributed by atoms with Crippen LogP contribution < -0.4 is 5.32 Å². The molecule has 0 aliphatic carbocycles. The summed E-state index contributed by atoms with van der Waals surface area (Å²) in [6, 6.07) is 11.6. The lowest BCUT2D eigenvalue weighted by atomic mass is 10.0. The molecule has 1 aromatic carbocycles. The van der Waals surface area contributed by atoms with Gasteiger partial charge in [-0.2, -0.15) is 0 Å². The van der Waals surface area contributed by atoms with Crippen LogP contribution in [0.4, 0.5) is 0 Å². The standard InChI is InChI=1S/C17H19NO2S/c1-4-14(13-7-5-11(2)6-8-13)18-17(20)16-10-9-15(21-16)12(3)19/h5-10,14H,4H2,1-3H3,(H,18,20)/t14-/m1/s1. The van der Waals surface area contributed by atoms with Gasteiger partial charge in [-0.15, -0.1) is 11.3 Å². The Bertz CT molecular complexity index is 643. The zero-order chi connectivity index (χ0) is 15.4. The number of hydrogen-bond donors (Lipinski definition) is 1. The molecule has 3 nitrogen and oxygen atoms in total. The number of amides is 1. The van der Waals surface area contributed by atoms with Crippen LogP contribution in [0.5, 0.6) is 0 Å². The summed E-state index contributed by atoms with van der Waals surface area (Å²) in [6.45, 7) is 5.59. The monoisotopic (exact) mass is 301 g/mol. The number of nitrogens with one attached hydrogen (secondary N) is 1. The first-order valence-electron chi connectivity index (χ1n) is 6.99. The zero-order valence-corrected chi connectivity index (χ0v) is 13.3. The zero-order valence-electron chi connectivity index (χ0n) is 12.5. The van der Waals surface area contributed by atoms with Gasteiger partial charge in [-0.1, -0.05) is 36.8 Å². The van der Waals surface area contributed by atoms with Crippen LogP contribution in [0, 0.1) is 6.92 Å². The van der Waals surface area contributed by atoms with E-state index in [9.17, 15) is 9.59 Å². The number of Topliss-reactive ketones (excluding diaryl/α,β-unsaturated/α-hetero) is 1. The summed E-state index contributed by atoms with van der Waals surface area (Å²) >= 11 is 1.24. The SMILES string of the molecule is CC[C@@H](NC(=O)c1ccc(C(C)=O)s1)c1ccc(C)cc1. The number of rotatable bonds is 5. The first-order valence-corrected chi connectivity index (χ1v) is 7.81. The average molecular weight is 301 g/mol. The van der Waals surface area contributed by atoms with Crippen LogP contribution in [-0.4, -0.2) is 11.7 Å². The lowest BCUT2D eigenvalue weighted by Gasteiger charge is -2.17. The summed E-state index contributed by atoms with van der Waals surface area (Å²) in [5, 5.41) is 3.03. The third kappa shape index (κ3) is 3.79. The van der Waals surface area contributed by atoms with E-state index < -0.39 is 0 Å².